The van der Waals surface area contributed by atoms with Gasteiger partial charge in [0.25, 0.3) is 0 Å². The van der Waals surface area contributed by atoms with Crippen molar-refractivity contribution in [3.8, 4) is 0 Å². The molecular formula is C22H32N4. The zero-order chi connectivity index (χ0) is 19.4. The first kappa shape index (κ1) is 19.9. The van der Waals surface area contributed by atoms with E-state index in [4.69, 9.17) is 11.6 Å². The summed E-state index contributed by atoms with van der Waals surface area (Å²) in [5, 5.41) is 1.77. The molecule has 0 aromatic heterocycles. The minimum Gasteiger partial charge on any atom is -0.396 e. The number of anilines is 1. The normalized spacial score (nSPS) is 21.2. The highest BCUT2D eigenvalue weighted by Crippen LogP contribution is 2.36. The largest absolute Gasteiger partial charge is 0.396 e. The zero-order valence-electron chi connectivity index (χ0n) is 16.7. The number of allylic oxidation sites excluding steroid dienone is 2. The molecule has 2 rings (SSSR count). The van der Waals surface area contributed by atoms with E-state index in [0.29, 0.717) is 11.7 Å². The van der Waals surface area contributed by atoms with Gasteiger partial charge < -0.3 is 15.6 Å². The van der Waals surface area contributed by atoms with Gasteiger partial charge in [0, 0.05) is 35.5 Å². The summed E-state index contributed by atoms with van der Waals surface area (Å²) in [5.41, 5.74) is 12.5. The number of benzene rings is 1. The van der Waals surface area contributed by atoms with Gasteiger partial charge >= 0.3 is 0 Å². The Balaban J connectivity index is 2.92. The van der Waals surface area contributed by atoms with Crippen molar-refractivity contribution in [2.75, 3.05) is 11.4 Å². The Morgan fingerprint density at radius 2 is 1.85 bits per heavy atom. The lowest BCUT2D eigenvalue weighted by molar-refractivity contribution is 0.341. The van der Waals surface area contributed by atoms with E-state index < -0.39 is 0 Å². The van der Waals surface area contributed by atoms with E-state index in [1.54, 1.807) is 5.01 Å². The van der Waals surface area contributed by atoms with E-state index in [1.165, 1.54) is 0 Å². The Morgan fingerprint density at radius 1 is 1.19 bits per heavy atom. The third kappa shape index (κ3) is 3.70. The van der Waals surface area contributed by atoms with Crippen LogP contribution in [0.15, 0.2) is 65.9 Å². The highest BCUT2D eigenvalue weighted by molar-refractivity contribution is 5.82. The van der Waals surface area contributed by atoms with Crippen LogP contribution in [-0.2, 0) is 0 Å². The second-order valence-corrected chi connectivity index (χ2v) is 7.15. The molecule has 4 heteroatoms. The van der Waals surface area contributed by atoms with Gasteiger partial charge in [-0.2, -0.15) is 0 Å². The fourth-order valence-electron chi connectivity index (χ4n) is 3.26. The molecule has 140 valence electrons. The van der Waals surface area contributed by atoms with Crippen LogP contribution in [0.5, 0.6) is 0 Å². The number of nitrogens with two attached hydrogens (primary N) is 2. The molecule has 0 aliphatic carbocycles. The summed E-state index contributed by atoms with van der Waals surface area (Å²) >= 11 is 0. The molecule has 1 aromatic carbocycles. The molecule has 4 nitrogen and oxygen atoms in total. The minimum absolute atomic E-state index is 0.113. The minimum atomic E-state index is 0.113. The fourth-order valence-corrected chi connectivity index (χ4v) is 3.26. The summed E-state index contributed by atoms with van der Waals surface area (Å²) in [6.07, 6.45) is 5.96. The van der Waals surface area contributed by atoms with Crippen LogP contribution in [0.2, 0.25) is 0 Å². The number of rotatable bonds is 5. The van der Waals surface area contributed by atoms with E-state index in [1.807, 2.05) is 31.2 Å². The van der Waals surface area contributed by atoms with Crippen LogP contribution in [0.4, 0.5) is 5.69 Å². The first-order valence-electron chi connectivity index (χ1n) is 9.21. The molecule has 0 saturated heterocycles. The van der Waals surface area contributed by atoms with Crippen molar-refractivity contribution in [1.82, 2.24) is 5.01 Å². The lowest BCUT2D eigenvalue weighted by Crippen LogP contribution is -2.40. The molecule has 26 heavy (non-hydrogen) atoms. The molecule has 1 heterocycles. The maximum atomic E-state index is 6.70. The summed E-state index contributed by atoms with van der Waals surface area (Å²) in [7, 11) is 0. The lowest BCUT2D eigenvalue weighted by Gasteiger charge is -2.37. The van der Waals surface area contributed by atoms with Crippen molar-refractivity contribution < 1.29 is 0 Å². The van der Waals surface area contributed by atoms with Gasteiger partial charge in [0.2, 0.25) is 0 Å². The molecule has 1 aliphatic heterocycles. The van der Waals surface area contributed by atoms with E-state index in [-0.39, 0.29) is 6.04 Å². The SMILES string of the molecule is C=C/C1=C(\C=C/C)C(/N)=C(/N(N)C(C)C)c2ccccc2N(C(C)C)C1. The average Bonchev–Trinajstić information content (AvgIpc) is 2.60. The van der Waals surface area contributed by atoms with Crippen LogP contribution >= 0.6 is 0 Å². The van der Waals surface area contributed by atoms with E-state index in [0.717, 1.165) is 34.6 Å². The Kier molecular flexibility index (Phi) is 6.32. The van der Waals surface area contributed by atoms with Gasteiger partial charge in [-0.15, -0.1) is 0 Å². The van der Waals surface area contributed by atoms with Crippen LogP contribution < -0.4 is 16.5 Å². The summed E-state index contributed by atoms with van der Waals surface area (Å²) in [4.78, 5) is 2.37. The summed E-state index contributed by atoms with van der Waals surface area (Å²) in [6, 6.07) is 8.77. The first-order chi connectivity index (χ1) is 12.3. The zero-order valence-corrected chi connectivity index (χ0v) is 16.7. The molecule has 0 unspecified atom stereocenters. The smallest absolute Gasteiger partial charge is 0.0849 e. The third-order valence-electron chi connectivity index (χ3n) is 4.72. The van der Waals surface area contributed by atoms with Crippen molar-refractivity contribution in [1.29, 1.82) is 0 Å². The number of hydrogen-bond acceptors (Lipinski definition) is 4. The predicted molar refractivity (Wildman–Crippen MR) is 113 cm³/mol. The van der Waals surface area contributed by atoms with Crippen LogP contribution in [0.3, 0.4) is 0 Å². The lowest BCUT2D eigenvalue weighted by atomic mass is 9.94. The number of hydrogen-bond donors (Lipinski definition) is 2. The highest BCUT2D eigenvalue weighted by atomic mass is 15.4. The summed E-state index contributed by atoms with van der Waals surface area (Å²) in [6.45, 7) is 15.3. The van der Waals surface area contributed by atoms with Gasteiger partial charge in [0.05, 0.1) is 11.4 Å². The standard InChI is InChI=1S/C22H32N4/c1-7-11-18-17(8-2)14-25(15(3)4)20-13-10-9-12-19(20)22(21(18)23)26(24)16(5)6/h7-13,15-16H,2,14,23-24H2,1,3-6H3/b11-7-,18-17-,22-21-. The molecule has 0 atom stereocenters. The first-order valence-corrected chi connectivity index (χ1v) is 9.21. The van der Waals surface area contributed by atoms with Crippen LogP contribution in [0, 0.1) is 0 Å². The van der Waals surface area contributed by atoms with Gasteiger partial charge in [0.15, 0.2) is 0 Å². The molecule has 0 radical (unpaired) electrons. The maximum Gasteiger partial charge on any atom is 0.0849 e. The van der Waals surface area contributed by atoms with Crippen molar-refractivity contribution in [3.63, 3.8) is 0 Å². The predicted octanol–water partition coefficient (Wildman–Crippen LogP) is 4.19. The quantitative estimate of drug-likeness (QED) is 0.616. The maximum absolute atomic E-state index is 6.70. The van der Waals surface area contributed by atoms with Gasteiger partial charge in [-0.25, -0.2) is 5.84 Å². The Labute approximate surface area is 158 Å². The molecule has 0 amide bonds. The monoisotopic (exact) mass is 352 g/mol. The Morgan fingerprint density at radius 3 is 2.38 bits per heavy atom. The molecule has 0 fully saturated rings. The van der Waals surface area contributed by atoms with Crippen LogP contribution in [0.25, 0.3) is 5.70 Å². The van der Waals surface area contributed by atoms with Gasteiger partial charge in [0.1, 0.15) is 0 Å². The van der Waals surface area contributed by atoms with E-state index in [9.17, 15) is 0 Å². The summed E-state index contributed by atoms with van der Waals surface area (Å²) in [5.74, 6) is 6.49. The van der Waals surface area contributed by atoms with Crippen LogP contribution in [0.1, 0.15) is 40.2 Å². The second kappa shape index (κ2) is 8.28. The fraction of sp³-hybridized carbons (Fsp3) is 0.364. The highest BCUT2D eigenvalue weighted by Gasteiger charge is 2.26. The number of fused-ring (bicyclic) bond motifs is 1. The molecular weight excluding hydrogens is 320 g/mol. The van der Waals surface area contributed by atoms with E-state index >= 15 is 0 Å². The van der Waals surface area contributed by atoms with Gasteiger partial charge in [-0.1, -0.05) is 43.0 Å². The molecule has 4 N–H and O–H groups in total. The molecule has 0 saturated carbocycles. The number of hydrazine groups is 1. The van der Waals surface area contributed by atoms with Crippen LogP contribution in [-0.4, -0.2) is 23.6 Å². The van der Waals surface area contributed by atoms with E-state index in [2.05, 4.69) is 57.4 Å². The topological polar surface area (TPSA) is 58.5 Å². The van der Waals surface area contributed by atoms with Crippen molar-refractivity contribution >= 4 is 11.4 Å². The van der Waals surface area contributed by atoms with Crippen molar-refractivity contribution in [2.45, 2.75) is 46.7 Å². The van der Waals surface area contributed by atoms with Gasteiger partial charge in [-0.05, 0) is 46.3 Å². The molecule has 0 spiro atoms. The number of para-hydroxylation sites is 1. The van der Waals surface area contributed by atoms with Gasteiger partial charge in [-0.3, -0.25) is 0 Å². The van der Waals surface area contributed by atoms with Crippen molar-refractivity contribution in [2.24, 2.45) is 11.6 Å². The Bertz CT molecular complexity index is 753. The number of nitrogens with zero attached hydrogens (tertiary/aromatic N) is 2. The van der Waals surface area contributed by atoms with Crippen molar-refractivity contribution in [3.05, 3.63) is 71.5 Å². The molecule has 1 aromatic rings. The second-order valence-electron chi connectivity index (χ2n) is 7.15. The Hall–Kier alpha value is -2.46. The third-order valence-corrected chi connectivity index (χ3v) is 4.72. The average molecular weight is 353 g/mol. The summed E-state index contributed by atoms with van der Waals surface area (Å²) < 4.78 is 0. The molecule has 0 bridgehead atoms. The molecule has 1 aliphatic rings.